The Bertz CT molecular complexity index is 680. The van der Waals surface area contributed by atoms with E-state index in [-0.39, 0.29) is 18.4 Å². The molecule has 1 aromatic heterocycles. The summed E-state index contributed by atoms with van der Waals surface area (Å²) in [4.78, 5) is 28.1. The standard InChI is InChI=1S/C20H24N2O3/c1-3-12-21(19(23)4-2)16-20(24)22(15-18-11-8-13-25-18)14-17-9-6-5-7-10-17/h3,5-11,13H,1,4,12,14-16H2,2H3. The molecule has 0 atom stereocenters. The Balaban J connectivity index is 2.13. The summed E-state index contributed by atoms with van der Waals surface area (Å²) in [5, 5.41) is 0. The van der Waals surface area contributed by atoms with E-state index in [1.54, 1.807) is 30.2 Å². The van der Waals surface area contributed by atoms with Crippen molar-refractivity contribution in [1.29, 1.82) is 0 Å². The number of carbonyl (C=O) groups is 2. The minimum atomic E-state index is -0.121. The Kier molecular flexibility index (Phi) is 7.01. The highest BCUT2D eigenvalue weighted by atomic mass is 16.3. The summed E-state index contributed by atoms with van der Waals surface area (Å²) in [5.41, 5.74) is 1.03. The lowest BCUT2D eigenvalue weighted by atomic mass is 10.2. The molecule has 0 unspecified atom stereocenters. The molecule has 5 nitrogen and oxygen atoms in total. The summed E-state index contributed by atoms with van der Waals surface area (Å²) >= 11 is 0. The van der Waals surface area contributed by atoms with Crippen LogP contribution in [-0.4, -0.2) is 34.7 Å². The largest absolute Gasteiger partial charge is 0.467 e. The third kappa shape index (κ3) is 5.64. The van der Waals surface area contributed by atoms with Gasteiger partial charge >= 0.3 is 0 Å². The number of rotatable bonds is 9. The quantitative estimate of drug-likeness (QED) is 0.659. The molecule has 0 fully saturated rings. The van der Waals surface area contributed by atoms with Crippen LogP contribution >= 0.6 is 0 Å². The van der Waals surface area contributed by atoms with Crippen LogP contribution in [0.5, 0.6) is 0 Å². The highest BCUT2D eigenvalue weighted by Gasteiger charge is 2.21. The van der Waals surface area contributed by atoms with Crippen LogP contribution < -0.4 is 0 Å². The van der Waals surface area contributed by atoms with Crippen LogP contribution in [0.4, 0.5) is 0 Å². The molecule has 25 heavy (non-hydrogen) atoms. The van der Waals surface area contributed by atoms with Gasteiger partial charge in [-0.3, -0.25) is 9.59 Å². The van der Waals surface area contributed by atoms with Gasteiger partial charge < -0.3 is 14.2 Å². The van der Waals surface area contributed by atoms with Crippen LogP contribution in [0.2, 0.25) is 0 Å². The van der Waals surface area contributed by atoms with Crippen molar-refractivity contribution in [2.24, 2.45) is 0 Å². The summed E-state index contributed by atoms with van der Waals surface area (Å²) in [6.07, 6.45) is 3.58. The van der Waals surface area contributed by atoms with Gasteiger partial charge in [0.05, 0.1) is 12.8 Å². The highest BCUT2D eigenvalue weighted by Crippen LogP contribution is 2.12. The predicted octanol–water partition coefficient (Wildman–Crippen LogP) is 3.23. The van der Waals surface area contributed by atoms with E-state index in [2.05, 4.69) is 6.58 Å². The molecule has 0 radical (unpaired) electrons. The monoisotopic (exact) mass is 340 g/mol. The summed E-state index contributed by atoms with van der Waals surface area (Å²) in [6.45, 7) is 6.67. The molecule has 0 aliphatic carbocycles. The van der Waals surface area contributed by atoms with Crippen LogP contribution in [0, 0.1) is 0 Å². The summed E-state index contributed by atoms with van der Waals surface area (Å²) in [6, 6.07) is 13.4. The topological polar surface area (TPSA) is 53.8 Å². The van der Waals surface area contributed by atoms with Crippen LogP contribution in [0.15, 0.2) is 65.8 Å². The number of nitrogens with zero attached hydrogens (tertiary/aromatic N) is 2. The van der Waals surface area contributed by atoms with Crippen molar-refractivity contribution in [3.8, 4) is 0 Å². The minimum absolute atomic E-state index is 0.0340. The summed E-state index contributed by atoms with van der Waals surface area (Å²) in [7, 11) is 0. The zero-order chi connectivity index (χ0) is 18.1. The zero-order valence-electron chi connectivity index (χ0n) is 14.6. The lowest BCUT2D eigenvalue weighted by Gasteiger charge is -2.26. The van der Waals surface area contributed by atoms with Crippen molar-refractivity contribution in [2.45, 2.75) is 26.4 Å². The van der Waals surface area contributed by atoms with Crippen LogP contribution in [-0.2, 0) is 22.7 Å². The van der Waals surface area contributed by atoms with E-state index in [4.69, 9.17) is 4.42 Å². The number of furan rings is 1. The maximum atomic E-state index is 12.8. The third-order valence-corrected chi connectivity index (χ3v) is 3.83. The first-order chi connectivity index (χ1) is 12.1. The number of hydrogen-bond donors (Lipinski definition) is 0. The molecule has 0 saturated carbocycles. The molecule has 0 aliphatic heterocycles. The fourth-order valence-corrected chi connectivity index (χ4v) is 2.52. The second-order valence-electron chi connectivity index (χ2n) is 5.73. The first kappa shape index (κ1) is 18.5. The second kappa shape index (κ2) is 9.47. The van der Waals surface area contributed by atoms with Gasteiger partial charge in [0.15, 0.2) is 0 Å². The third-order valence-electron chi connectivity index (χ3n) is 3.83. The van der Waals surface area contributed by atoms with Crippen LogP contribution in [0.3, 0.4) is 0 Å². The Morgan fingerprint density at radius 2 is 1.80 bits per heavy atom. The average molecular weight is 340 g/mol. The fraction of sp³-hybridized carbons (Fsp3) is 0.300. The lowest BCUT2D eigenvalue weighted by molar-refractivity contribution is -0.140. The smallest absolute Gasteiger partial charge is 0.242 e. The van der Waals surface area contributed by atoms with E-state index < -0.39 is 0 Å². The normalized spacial score (nSPS) is 10.3. The molecule has 0 saturated heterocycles. The number of benzene rings is 1. The van der Waals surface area contributed by atoms with E-state index >= 15 is 0 Å². The molecule has 2 amide bonds. The van der Waals surface area contributed by atoms with Gasteiger partial charge in [0, 0.05) is 19.5 Å². The van der Waals surface area contributed by atoms with Crippen LogP contribution in [0.1, 0.15) is 24.7 Å². The molecule has 2 rings (SSSR count). The molecule has 0 spiro atoms. The van der Waals surface area contributed by atoms with Gasteiger partial charge in [-0.25, -0.2) is 0 Å². The molecule has 5 heteroatoms. The first-order valence-corrected chi connectivity index (χ1v) is 8.36. The van der Waals surface area contributed by atoms with E-state index in [1.165, 1.54) is 4.90 Å². The molecule has 2 aromatic rings. The van der Waals surface area contributed by atoms with Crippen molar-refractivity contribution in [3.05, 3.63) is 72.7 Å². The average Bonchev–Trinajstić information content (AvgIpc) is 3.14. The summed E-state index contributed by atoms with van der Waals surface area (Å²) < 4.78 is 5.38. The van der Waals surface area contributed by atoms with Gasteiger partial charge in [0.25, 0.3) is 0 Å². The molecule has 0 bridgehead atoms. The Morgan fingerprint density at radius 3 is 2.40 bits per heavy atom. The van der Waals surface area contributed by atoms with E-state index in [1.807, 2.05) is 36.4 Å². The maximum Gasteiger partial charge on any atom is 0.242 e. The minimum Gasteiger partial charge on any atom is -0.467 e. The van der Waals surface area contributed by atoms with Crippen molar-refractivity contribution >= 4 is 11.8 Å². The highest BCUT2D eigenvalue weighted by molar-refractivity contribution is 5.84. The van der Waals surface area contributed by atoms with Crippen molar-refractivity contribution < 1.29 is 14.0 Å². The molecule has 0 aliphatic rings. The second-order valence-corrected chi connectivity index (χ2v) is 5.73. The van der Waals surface area contributed by atoms with Crippen molar-refractivity contribution in [2.75, 3.05) is 13.1 Å². The first-order valence-electron chi connectivity index (χ1n) is 8.36. The molecule has 132 valence electrons. The molecule has 1 heterocycles. The Morgan fingerprint density at radius 1 is 1.04 bits per heavy atom. The van der Waals surface area contributed by atoms with Crippen molar-refractivity contribution in [1.82, 2.24) is 9.80 Å². The van der Waals surface area contributed by atoms with Crippen LogP contribution in [0.25, 0.3) is 0 Å². The zero-order valence-corrected chi connectivity index (χ0v) is 14.6. The number of hydrogen-bond acceptors (Lipinski definition) is 3. The maximum absolute atomic E-state index is 12.8. The van der Waals surface area contributed by atoms with Gasteiger partial charge in [-0.2, -0.15) is 0 Å². The number of amides is 2. The SMILES string of the molecule is C=CCN(CC(=O)N(Cc1ccccc1)Cc1ccco1)C(=O)CC. The lowest BCUT2D eigenvalue weighted by Crippen LogP contribution is -2.42. The van der Waals surface area contributed by atoms with Crippen molar-refractivity contribution in [3.63, 3.8) is 0 Å². The van der Waals surface area contributed by atoms with Gasteiger partial charge in [0.2, 0.25) is 11.8 Å². The van der Waals surface area contributed by atoms with Gasteiger partial charge in [-0.1, -0.05) is 43.3 Å². The Hall–Kier alpha value is -2.82. The Labute approximate surface area is 148 Å². The molecular formula is C20H24N2O3. The number of carbonyl (C=O) groups excluding carboxylic acids is 2. The van der Waals surface area contributed by atoms with Gasteiger partial charge in [0.1, 0.15) is 12.3 Å². The van der Waals surface area contributed by atoms with E-state index in [0.717, 1.165) is 5.56 Å². The molecule has 1 aromatic carbocycles. The molecular weight excluding hydrogens is 316 g/mol. The molecule has 0 N–H and O–H groups in total. The fourth-order valence-electron chi connectivity index (χ4n) is 2.52. The van der Waals surface area contributed by atoms with Gasteiger partial charge in [-0.05, 0) is 17.7 Å². The summed E-state index contributed by atoms with van der Waals surface area (Å²) in [5.74, 6) is 0.524. The van der Waals surface area contributed by atoms with E-state index in [9.17, 15) is 9.59 Å². The van der Waals surface area contributed by atoms with E-state index in [0.29, 0.717) is 31.8 Å². The van der Waals surface area contributed by atoms with Gasteiger partial charge in [-0.15, -0.1) is 6.58 Å². The predicted molar refractivity (Wildman–Crippen MR) is 96.5 cm³/mol.